The van der Waals surface area contributed by atoms with Gasteiger partial charge in [0.05, 0.1) is 18.8 Å². The van der Waals surface area contributed by atoms with Crippen LogP contribution in [-0.2, 0) is 11.3 Å². The molecule has 146 valence electrons. The van der Waals surface area contributed by atoms with E-state index in [1.165, 1.54) is 30.1 Å². The molecule has 0 unspecified atom stereocenters. The molecule has 1 atom stereocenters. The highest BCUT2D eigenvalue weighted by Crippen LogP contribution is 2.25. The number of hydrogen-bond acceptors (Lipinski definition) is 4. The van der Waals surface area contributed by atoms with Crippen molar-refractivity contribution in [2.24, 2.45) is 0 Å². The molecule has 0 aliphatic rings. The van der Waals surface area contributed by atoms with E-state index in [-0.39, 0.29) is 24.2 Å². The van der Waals surface area contributed by atoms with Gasteiger partial charge in [-0.1, -0.05) is 35.9 Å². The van der Waals surface area contributed by atoms with Crippen LogP contribution in [0.5, 0.6) is 5.75 Å². The maximum Gasteiger partial charge on any atom is 0.240 e. The van der Waals surface area contributed by atoms with Crippen molar-refractivity contribution >= 4 is 29.5 Å². The molecule has 28 heavy (non-hydrogen) atoms. The summed E-state index contributed by atoms with van der Waals surface area (Å²) >= 11 is 6.83. The van der Waals surface area contributed by atoms with Gasteiger partial charge < -0.3 is 14.6 Å². The lowest BCUT2D eigenvalue weighted by Crippen LogP contribution is -2.30. The number of nitrogens with zero attached hydrogens (tertiary/aromatic N) is 1. The van der Waals surface area contributed by atoms with Gasteiger partial charge in [-0.25, -0.2) is 4.39 Å². The Morgan fingerprint density at radius 2 is 2.00 bits per heavy atom. The summed E-state index contributed by atoms with van der Waals surface area (Å²) in [5.41, 5.74) is 3.76. The smallest absolute Gasteiger partial charge is 0.240 e. The molecular weight excluding hydrogens is 395 g/mol. The van der Waals surface area contributed by atoms with Crippen molar-refractivity contribution in [3.8, 4) is 17.0 Å². The first-order chi connectivity index (χ1) is 13.4. The Bertz CT molecular complexity index is 1040. The summed E-state index contributed by atoms with van der Waals surface area (Å²) in [7, 11) is 1.42. The minimum absolute atomic E-state index is 0.106. The fraction of sp³-hybridized carbons (Fsp3) is 0.238. The first kappa shape index (κ1) is 20.2. The largest absolute Gasteiger partial charge is 0.494 e. The lowest BCUT2D eigenvalue weighted by atomic mass is 10.1. The number of carbonyl (C=O) groups is 1. The third-order valence-electron chi connectivity index (χ3n) is 4.48. The first-order valence-electron chi connectivity index (χ1n) is 8.77. The maximum atomic E-state index is 13.9. The Morgan fingerprint density at radius 1 is 1.29 bits per heavy atom. The SMILES string of the molecule is COc1ccc([C@H](C)NC(=O)Cn2c(-c3ccc(C)cc3)csc2=S)cc1F. The van der Waals surface area contributed by atoms with E-state index in [9.17, 15) is 9.18 Å². The molecule has 0 aliphatic heterocycles. The van der Waals surface area contributed by atoms with Crippen LogP contribution in [0, 0.1) is 16.7 Å². The van der Waals surface area contributed by atoms with Gasteiger partial charge in [-0.2, -0.15) is 0 Å². The zero-order valence-electron chi connectivity index (χ0n) is 15.9. The van der Waals surface area contributed by atoms with Crippen LogP contribution in [0.4, 0.5) is 4.39 Å². The predicted octanol–water partition coefficient (Wildman–Crippen LogP) is 5.28. The lowest BCUT2D eigenvalue weighted by Gasteiger charge is -2.16. The average Bonchev–Trinajstić information content (AvgIpc) is 3.02. The fourth-order valence-corrected chi connectivity index (χ4v) is 3.97. The van der Waals surface area contributed by atoms with Crippen molar-refractivity contribution in [3.63, 3.8) is 0 Å². The Kier molecular flexibility index (Phi) is 6.26. The van der Waals surface area contributed by atoms with Crippen LogP contribution >= 0.6 is 23.6 Å². The van der Waals surface area contributed by atoms with Crippen LogP contribution in [0.15, 0.2) is 47.8 Å². The van der Waals surface area contributed by atoms with E-state index in [0.717, 1.165) is 11.3 Å². The number of rotatable bonds is 6. The molecule has 0 spiro atoms. The van der Waals surface area contributed by atoms with Gasteiger partial charge in [0, 0.05) is 5.38 Å². The second kappa shape index (κ2) is 8.67. The number of aryl methyl sites for hydroxylation is 1. The van der Waals surface area contributed by atoms with Gasteiger partial charge in [0.25, 0.3) is 0 Å². The molecule has 3 aromatic rings. The molecule has 4 nitrogen and oxygen atoms in total. The quantitative estimate of drug-likeness (QED) is 0.556. The Balaban J connectivity index is 1.75. The zero-order chi connectivity index (χ0) is 20.3. The third kappa shape index (κ3) is 4.48. The standard InChI is InChI=1S/C21H21FN2O2S2/c1-13-4-6-15(7-5-13)18-12-28-21(27)24(18)11-20(25)23-14(2)16-8-9-19(26-3)17(22)10-16/h4-10,12,14H,11H2,1-3H3,(H,23,25)/t14-/m0/s1. The van der Waals surface area contributed by atoms with E-state index < -0.39 is 5.82 Å². The Morgan fingerprint density at radius 3 is 2.64 bits per heavy atom. The van der Waals surface area contributed by atoms with Gasteiger partial charge in [-0.05, 0) is 49.3 Å². The molecule has 3 rings (SSSR count). The van der Waals surface area contributed by atoms with E-state index in [2.05, 4.69) is 5.32 Å². The van der Waals surface area contributed by atoms with E-state index in [1.807, 2.05) is 48.1 Å². The number of methoxy groups -OCH3 is 1. The van der Waals surface area contributed by atoms with E-state index >= 15 is 0 Å². The highest BCUT2D eigenvalue weighted by molar-refractivity contribution is 7.73. The molecule has 1 heterocycles. The zero-order valence-corrected chi connectivity index (χ0v) is 17.5. The second-order valence-electron chi connectivity index (χ2n) is 6.52. The molecule has 0 bridgehead atoms. The van der Waals surface area contributed by atoms with Gasteiger partial charge in [0.1, 0.15) is 6.54 Å². The van der Waals surface area contributed by atoms with Gasteiger partial charge in [-0.3, -0.25) is 4.79 Å². The first-order valence-corrected chi connectivity index (χ1v) is 10.1. The minimum atomic E-state index is -0.456. The number of ether oxygens (including phenoxy) is 1. The number of carbonyl (C=O) groups excluding carboxylic acids is 1. The molecular formula is C21H21FN2O2S2. The number of thiazole rings is 1. The van der Waals surface area contributed by atoms with Crippen LogP contribution in [-0.4, -0.2) is 17.6 Å². The molecule has 0 saturated carbocycles. The summed E-state index contributed by atoms with van der Waals surface area (Å²) in [4.78, 5) is 12.6. The van der Waals surface area contributed by atoms with Crippen LogP contribution in [0.2, 0.25) is 0 Å². The summed E-state index contributed by atoms with van der Waals surface area (Å²) in [6.07, 6.45) is 0. The van der Waals surface area contributed by atoms with Crippen molar-refractivity contribution in [1.29, 1.82) is 0 Å². The highest BCUT2D eigenvalue weighted by Gasteiger charge is 2.15. The van der Waals surface area contributed by atoms with E-state index in [0.29, 0.717) is 9.52 Å². The summed E-state index contributed by atoms with van der Waals surface area (Å²) in [5.74, 6) is -0.469. The Labute approximate surface area is 172 Å². The van der Waals surface area contributed by atoms with Crippen molar-refractivity contribution in [2.75, 3.05) is 7.11 Å². The molecule has 0 radical (unpaired) electrons. The summed E-state index contributed by atoms with van der Waals surface area (Å²) in [6, 6.07) is 12.4. The lowest BCUT2D eigenvalue weighted by molar-refractivity contribution is -0.122. The van der Waals surface area contributed by atoms with Crippen LogP contribution in [0.25, 0.3) is 11.3 Å². The summed E-state index contributed by atoms with van der Waals surface area (Å²) < 4.78 is 21.3. The number of halogens is 1. The Hall–Kier alpha value is -2.51. The molecule has 1 N–H and O–H groups in total. The highest BCUT2D eigenvalue weighted by atomic mass is 32.1. The van der Waals surface area contributed by atoms with Gasteiger partial charge in [-0.15, -0.1) is 11.3 Å². The van der Waals surface area contributed by atoms with E-state index in [1.54, 1.807) is 12.1 Å². The predicted molar refractivity (Wildman–Crippen MR) is 113 cm³/mol. The molecule has 0 saturated heterocycles. The minimum Gasteiger partial charge on any atom is -0.494 e. The number of aromatic nitrogens is 1. The molecule has 0 fully saturated rings. The monoisotopic (exact) mass is 416 g/mol. The van der Waals surface area contributed by atoms with Crippen LogP contribution < -0.4 is 10.1 Å². The summed E-state index contributed by atoms with van der Waals surface area (Å²) in [6.45, 7) is 3.95. The van der Waals surface area contributed by atoms with Crippen molar-refractivity contribution in [2.45, 2.75) is 26.4 Å². The fourth-order valence-electron chi connectivity index (χ4n) is 2.90. The molecule has 7 heteroatoms. The number of hydrogen-bond donors (Lipinski definition) is 1. The normalized spacial score (nSPS) is 11.9. The number of benzene rings is 2. The van der Waals surface area contributed by atoms with Crippen molar-refractivity contribution in [3.05, 3.63) is 68.7 Å². The van der Waals surface area contributed by atoms with E-state index in [4.69, 9.17) is 17.0 Å². The maximum absolute atomic E-state index is 13.9. The van der Waals surface area contributed by atoms with Gasteiger partial charge >= 0.3 is 0 Å². The van der Waals surface area contributed by atoms with Crippen LogP contribution in [0.1, 0.15) is 24.1 Å². The number of nitrogens with one attached hydrogen (secondary N) is 1. The molecule has 1 amide bonds. The third-order valence-corrected chi connectivity index (χ3v) is 5.76. The topological polar surface area (TPSA) is 43.3 Å². The second-order valence-corrected chi connectivity index (χ2v) is 8.03. The molecule has 0 aliphatic carbocycles. The average molecular weight is 417 g/mol. The molecule has 2 aromatic carbocycles. The van der Waals surface area contributed by atoms with Crippen LogP contribution in [0.3, 0.4) is 0 Å². The number of amides is 1. The molecule has 1 aromatic heterocycles. The van der Waals surface area contributed by atoms with Gasteiger partial charge in [0.2, 0.25) is 5.91 Å². The van der Waals surface area contributed by atoms with Gasteiger partial charge in [0.15, 0.2) is 15.5 Å². The van der Waals surface area contributed by atoms with Crippen molar-refractivity contribution < 1.29 is 13.9 Å². The summed E-state index contributed by atoms with van der Waals surface area (Å²) in [5, 5.41) is 4.87. The van der Waals surface area contributed by atoms with Crippen molar-refractivity contribution in [1.82, 2.24) is 9.88 Å².